The van der Waals surface area contributed by atoms with E-state index in [1.54, 1.807) is 0 Å². The van der Waals surface area contributed by atoms with E-state index in [9.17, 15) is 0 Å². The predicted molar refractivity (Wildman–Crippen MR) is 65.2 cm³/mol. The molecule has 0 aromatic heterocycles. The fourth-order valence-corrected chi connectivity index (χ4v) is 1.81. The number of likely N-dealkylation sites (N-methyl/N-ethyl adjacent to an activating group) is 1. The van der Waals surface area contributed by atoms with Crippen LogP contribution in [0.25, 0.3) is 0 Å². The molecule has 0 heterocycles. The summed E-state index contributed by atoms with van der Waals surface area (Å²) in [6, 6.07) is 0. The molecule has 0 saturated carbocycles. The Morgan fingerprint density at radius 2 is 1.80 bits per heavy atom. The van der Waals surface area contributed by atoms with E-state index in [2.05, 4.69) is 60.6 Å². The smallest absolute Gasteiger partial charge is 0.0370 e. The van der Waals surface area contributed by atoms with Gasteiger partial charge in [-0.3, -0.25) is 0 Å². The molecule has 0 aliphatic heterocycles. The van der Waals surface area contributed by atoms with Gasteiger partial charge in [-0.15, -0.1) is 0 Å². The third kappa shape index (κ3) is 2.50. The monoisotopic (exact) mass is 199 g/mol. The number of nitrogens with zero attached hydrogens (tertiary/aromatic N) is 1. The van der Waals surface area contributed by atoms with Crippen LogP contribution in [0.3, 0.4) is 0 Å². The van der Waals surface area contributed by atoms with Gasteiger partial charge < -0.3 is 4.90 Å². The Morgan fingerprint density at radius 3 is 2.60 bits per heavy atom. The fraction of sp³-hybridized carbons (Fsp3) is 0.286. The van der Waals surface area contributed by atoms with E-state index in [0.717, 1.165) is 12.8 Å². The van der Waals surface area contributed by atoms with Crippen LogP contribution >= 0.6 is 0 Å². The number of hydrogen-bond acceptors (Lipinski definition) is 1. The first-order valence-corrected chi connectivity index (χ1v) is 5.52. The summed E-state index contributed by atoms with van der Waals surface area (Å²) in [5.74, 6) is 0. The second kappa shape index (κ2) is 4.83. The minimum Gasteiger partial charge on any atom is -0.345 e. The van der Waals surface area contributed by atoms with Crippen molar-refractivity contribution in [2.24, 2.45) is 0 Å². The Bertz CT molecular complexity index is 367. The Hall–Kier alpha value is -1.50. The van der Waals surface area contributed by atoms with Crippen LogP contribution in [0.5, 0.6) is 0 Å². The van der Waals surface area contributed by atoms with Crippen LogP contribution < -0.4 is 0 Å². The lowest BCUT2D eigenvalue weighted by Crippen LogP contribution is -2.15. The van der Waals surface area contributed by atoms with Crippen LogP contribution in [-0.2, 0) is 0 Å². The molecule has 1 heteroatoms. The summed E-state index contributed by atoms with van der Waals surface area (Å²) in [5.41, 5.74) is 2.58. The van der Waals surface area contributed by atoms with Crippen molar-refractivity contribution in [1.29, 1.82) is 0 Å². The molecule has 0 unspecified atom stereocenters. The fourth-order valence-electron chi connectivity index (χ4n) is 1.81. The molecular formula is C14H17N. The van der Waals surface area contributed by atoms with E-state index in [0.29, 0.717) is 0 Å². The molecule has 1 nitrogen and oxygen atoms in total. The lowest BCUT2D eigenvalue weighted by Gasteiger charge is -2.23. The highest BCUT2D eigenvalue weighted by atomic mass is 15.1. The van der Waals surface area contributed by atoms with Gasteiger partial charge in [0.15, 0.2) is 0 Å². The molecule has 0 spiro atoms. The van der Waals surface area contributed by atoms with Gasteiger partial charge in [0.1, 0.15) is 0 Å². The SMILES string of the molecule is CN(C1=CCC=CC=C1)C1=CCCC=C1. The van der Waals surface area contributed by atoms with Gasteiger partial charge in [-0.05, 0) is 31.4 Å². The van der Waals surface area contributed by atoms with Crippen molar-refractivity contribution in [3.8, 4) is 0 Å². The number of hydrogen-bond donors (Lipinski definition) is 0. The maximum Gasteiger partial charge on any atom is 0.0370 e. The van der Waals surface area contributed by atoms with Gasteiger partial charge in [0, 0.05) is 18.4 Å². The topological polar surface area (TPSA) is 3.24 Å². The zero-order chi connectivity index (χ0) is 10.5. The highest BCUT2D eigenvalue weighted by Crippen LogP contribution is 2.19. The average Bonchev–Trinajstić information content (AvgIpc) is 2.58. The molecule has 0 N–H and O–H groups in total. The molecule has 0 aromatic rings. The van der Waals surface area contributed by atoms with Gasteiger partial charge in [-0.25, -0.2) is 0 Å². The largest absolute Gasteiger partial charge is 0.345 e. The summed E-state index contributed by atoms with van der Waals surface area (Å²) < 4.78 is 0. The molecule has 2 aliphatic rings. The Kier molecular flexibility index (Phi) is 3.23. The van der Waals surface area contributed by atoms with E-state index < -0.39 is 0 Å². The van der Waals surface area contributed by atoms with Crippen molar-refractivity contribution in [2.45, 2.75) is 19.3 Å². The minimum absolute atomic E-state index is 1.02. The lowest BCUT2D eigenvalue weighted by atomic mass is 10.1. The van der Waals surface area contributed by atoms with Crippen LogP contribution in [-0.4, -0.2) is 11.9 Å². The normalized spacial score (nSPS) is 19.5. The molecule has 2 rings (SSSR count). The highest BCUT2D eigenvalue weighted by molar-refractivity contribution is 5.32. The molecule has 0 amide bonds. The molecule has 78 valence electrons. The van der Waals surface area contributed by atoms with E-state index in [4.69, 9.17) is 0 Å². The van der Waals surface area contributed by atoms with Crippen molar-refractivity contribution in [3.63, 3.8) is 0 Å². The van der Waals surface area contributed by atoms with Crippen molar-refractivity contribution in [1.82, 2.24) is 4.90 Å². The predicted octanol–water partition coefficient (Wildman–Crippen LogP) is 3.55. The summed E-state index contributed by atoms with van der Waals surface area (Å²) in [5, 5.41) is 0. The van der Waals surface area contributed by atoms with Gasteiger partial charge >= 0.3 is 0 Å². The van der Waals surface area contributed by atoms with Crippen molar-refractivity contribution in [2.75, 3.05) is 7.05 Å². The molecule has 15 heavy (non-hydrogen) atoms. The molecule has 0 aromatic carbocycles. The van der Waals surface area contributed by atoms with Gasteiger partial charge in [0.25, 0.3) is 0 Å². The van der Waals surface area contributed by atoms with Crippen LogP contribution in [0.2, 0.25) is 0 Å². The third-order valence-corrected chi connectivity index (χ3v) is 2.73. The van der Waals surface area contributed by atoms with Gasteiger partial charge in [0.05, 0.1) is 0 Å². The molecule has 2 aliphatic carbocycles. The summed E-state index contributed by atoms with van der Waals surface area (Å²) >= 11 is 0. The van der Waals surface area contributed by atoms with Crippen molar-refractivity contribution >= 4 is 0 Å². The van der Waals surface area contributed by atoms with Gasteiger partial charge in [-0.2, -0.15) is 0 Å². The second-order valence-corrected chi connectivity index (χ2v) is 3.82. The number of allylic oxidation sites excluding steroid dienone is 8. The van der Waals surface area contributed by atoms with E-state index in [1.165, 1.54) is 17.8 Å². The number of rotatable bonds is 2. The lowest BCUT2D eigenvalue weighted by molar-refractivity contribution is 0.545. The zero-order valence-electron chi connectivity index (χ0n) is 9.19. The first kappa shape index (κ1) is 10.0. The third-order valence-electron chi connectivity index (χ3n) is 2.73. The van der Waals surface area contributed by atoms with Gasteiger partial charge in [0.2, 0.25) is 0 Å². The molecule has 0 saturated heterocycles. The molecule has 0 fully saturated rings. The Balaban J connectivity index is 2.13. The van der Waals surface area contributed by atoms with Crippen molar-refractivity contribution < 1.29 is 0 Å². The summed E-state index contributed by atoms with van der Waals surface area (Å²) in [6.07, 6.45) is 20.9. The van der Waals surface area contributed by atoms with E-state index >= 15 is 0 Å². The minimum atomic E-state index is 1.02. The van der Waals surface area contributed by atoms with Crippen LogP contribution in [0.15, 0.2) is 60.0 Å². The van der Waals surface area contributed by atoms with Crippen molar-refractivity contribution in [3.05, 3.63) is 60.0 Å². The quantitative estimate of drug-likeness (QED) is 0.657. The summed E-state index contributed by atoms with van der Waals surface area (Å²) in [6.45, 7) is 0. The van der Waals surface area contributed by atoms with Crippen LogP contribution in [0.1, 0.15) is 19.3 Å². The standard InChI is InChI=1S/C14H17N/c1-15(14-11-7-4-8-12-14)13-9-5-2-3-6-10-13/h2-3,5,7,9-12H,4,6,8H2,1H3. The zero-order valence-corrected chi connectivity index (χ0v) is 9.19. The highest BCUT2D eigenvalue weighted by Gasteiger charge is 2.06. The summed E-state index contributed by atoms with van der Waals surface area (Å²) in [4.78, 5) is 2.25. The molecule has 0 atom stereocenters. The molecular weight excluding hydrogens is 182 g/mol. The maximum absolute atomic E-state index is 2.30. The Morgan fingerprint density at radius 1 is 0.933 bits per heavy atom. The summed E-state index contributed by atoms with van der Waals surface area (Å²) in [7, 11) is 2.13. The van der Waals surface area contributed by atoms with E-state index in [-0.39, 0.29) is 0 Å². The average molecular weight is 199 g/mol. The first-order valence-electron chi connectivity index (χ1n) is 5.52. The maximum atomic E-state index is 2.30. The van der Waals surface area contributed by atoms with E-state index in [1.807, 2.05) is 0 Å². The second-order valence-electron chi connectivity index (χ2n) is 3.82. The van der Waals surface area contributed by atoms with Crippen LogP contribution in [0.4, 0.5) is 0 Å². The first-order chi connectivity index (χ1) is 7.38. The Labute approximate surface area is 91.8 Å². The van der Waals surface area contributed by atoms with Crippen LogP contribution in [0, 0.1) is 0 Å². The van der Waals surface area contributed by atoms with Gasteiger partial charge in [-0.1, -0.05) is 36.5 Å². The molecule has 0 radical (unpaired) electrons. The molecule has 0 bridgehead atoms.